The minimum absolute atomic E-state index is 0.208. The summed E-state index contributed by atoms with van der Waals surface area (Å²) in [4.78, 5) is 14.0. The summed E-state index contributed by atoms with van der Waals surface area (Å²) in [5.41, 5.74) is 6.58. The molecular weight excluding hydrogens is 476 g/mol. The number of hydrogen-bond donors (Lipinski definition) is 0. The molecule has 0 unspecified atom stereocenters. The molecule has 194 valence electrons. The number of rotatable bonds is 6. The molecule has 3 atom stereocenters. The van der Waals surface area contributed by atoms with Gasteiger partial charge in [0.15, 0.2) is 0 Å². The minimum atomic E-state index is -0.485. The van der Waals surface area contributed by atoms with E-state index in [1.807, 2.05) is 25.1 Å². The van der Waals surface area contributed by atoms with Crippen LogP contribution >= 0.6 is 0 Å². The first-order valence-corrected chi connectivity index (χ1v) is 13.0. The molecule has 1 aliphatic rings. The molecule has 6 rings (SSSR count). The number of carbonyl (C=O) groups excluding carboxylic acids is 1. The molecule has 0 spiro atoms. The van der Waals surface area contributed by atoms with Crippen molar-refractivity contribution in [1.29, 1.82) is 0 Å². The Morgan fingerprint density at radius 1 is 0.895 bits per heavy atom. The van der Waals surface area contributed by atoms with Gasteiger partial charge in [0.05, 0.1) is 32.8 Å². The molecule has 1 aliphatic heterocycles. The molecule has 0 saturated carbocycles. The van der Waals surface area contributed by atoms with Gasteiger partial charge in [-0.1, -0.05) is 42.5 Å². The maximum absolute atomic E-state index is 14.0. The quantitative estimate of drug-likeness (QED) is 0.250. The average molecular weight is 509 g/mol. The van der Waals surface area contributed by atoms with Crippen LogP contribution in [0.1, 0.15) is 41.3 Å². The fourth-order valence-electron chi connectivity index (χ4n) is 6.51. The van der Waals surface area contributed by atoms with E-state index in [1.165, 1.54) is 10.9 Å². The van der Waals surface area contributed by atoms with Gasteiger partial charge in [0, 0.05) is 63.9 Å². The van der Waals surface area contributed by atoms with Crippen LogP contribution in [-0.4, -0.2) is 35.9 Å². The molecule has 0 saturated heterocycles. The molecule has 0 fully saturated rings. The number of ether oxygens (including phenoxy) is 3. The molecule has 0 radical (unpaired) electrons. The molecule has 0 N–H and O–H groups in total. The lowest BCUT2D eigenvalue weighted by atomic mass is 9.79. The van der Waals surface area contributed by atoms with Crippen molar-refractivity contribution < 1.29 is 19.0 Å². The Bertz CT molecular complexity index is 1680. The van der Waals surface area contributed by atoms with Crippen LogP contribution in [-0.2, 0) is 16.6 Å². The molecule has 5 aromatic rings. The highest BCUT2D eigenvalue weighted by atomic mass is 16.5. The SMILES string of the molecule is CCOC(=O)[C@@H]1[C@@H](c2ccc(OC)cc2OC)c2c(C)c3ccccc3n2[C@H]1c1cn(C)c2ccccc12. The number of methoxy groups -OCH3 is 2. The first-order chi connectivity index (χ1) is 18.5. The number of para-hydroxylation sites is 2. The molecule has 0 amide bonds. The largest absolute Gasteiger partial charge is 0.497 e. The Hall–Kier alpha value is -4.19. The molecule has 0 bridgehead atoms. The van der Waals surface area contributed by atoms with Crippen molar-refractivity contribution in [2.24, 2.45) is 13.0 Å². The fourth-order valence-corrected chi connectivity index (χ4v) is 6.51. The van der Waals surface area contributed by atoms with Crippen molar-refractivity contribution in [1.82, 2.24) is 9.13 Å². The molecule has 2 aromatic heterocycles. The average Bonchev–Trinajstić information content (AvgIpc) is 3.56. The predicted molar refractivity (Wildman–Crippen MR) is 149 cm³/mol. The van der Waals surface area contributed by atoms with Crippen LogP contribution in [0.15, 0.2) is 72.9 Å². The molecule has 6 nitrogen and oxygen atoms in total. The molecule has 6 heteroatoms. The maximum Gasteiger partial charge on any atom is 0.312 e. The summed E-state index contributed by atoms with van der Waals surface area (Å²) in [6, 6.07) is 22.4. The van der Waals surface area contributed by atoms with E-state index in [0.717, 1.165) is 33.2 Å². The van der Waals surface area contributed by atoms with E-state index in [4.69, 9.17) is 14.2 Å². The standard InChI is InChI=1S/C32H32N2O4/c1-6-38-32(35)29-28(23-16-15-20(36-4)17-27(23)37-5)30-19(2)21-11-7-10-14-26(21)34(30)31(29)24-18-33(3)25-13-9-8-12-22(24)25/h7-18,28-29,31H,6H2,1-5H3/t28-,29-,31+/m1/s1. The van der Waals surface area contributed by atoms with E-state index in [1.54, 1.807) is 14.2 Å². The topological polar surface area (TPSA) is 54.6 Å². The maximum atomic E-state index is 14.0. The third-order valence-corrected chi connectivity index (χ3v) is 8.06. The van der Waals surface area contributed by atoms with Gasteiger partial charge in [-0.15, -0.1) is 0 Å². The molecule has 3 aromatic carbocycles. The van der Waals surface area contributed by atoms with Crippen LogP contribution in [0.25, 0.3) is 21.8 Å². The van der Waals surface area contributed by atoms with Gasteiger partial charge in [-0.05, 0) is 37.6 Å². The van der Waals surface area contributed by atoms with Crippen LogP contribution < -0.4 is 9.47 Å². The molecular formula is C32H32N2O4. The Morgan fingerprint density at radius 2 is 1.61 bits per heavy atom. The van der Waals surface area contributed by atoms with Crippen LogP contribution in [0, 0.1) is 12.8 Å². The number of benzene rings is 3. The van der Waals surface area contributed by atoms with Gasteiger partial charge in [-0.3, -0.25) is 4.79 Å². The minimum Gasteiger partial charge on any atom is -0.497 e. The monoisotopic (exact) mass is 508 g/mol. The van der Waals surface area contributed by atoms with Crippen molar-refractivity contribution in [3.05, 3.63) is 95.3 Å². The first kappa shape index (κ1) is 24.2. The van der Waals surface area contributed by atoms with E-state index in [0.29, 0.717) is 18.1 Å². The second kappa shape index (κ2) is 9.28. The second-order valence-electron chi connectivity index (χ2n) is 9.92. The zero-order valence-corrected chi connectivity index (χ0v) is 22.4. The highest BCUT2D eigenvalue weighted by Crippen LogP contribution is 2.55. The zero-order chi connectivity index (χ0) is 26.6. The number of aromatic nitrogens is 2. The van der Waals surface area contributed by atoms with Gasteiger partial charge in [0.25, 0.3) is 0 Å². The van der Waals surface area contributed by atoms with Crippen molar-refractivity contribution >= 4 is 27.8 Å². The number of fused-ring (bicyclic) bond motifs is 4. The molecule has 0 aliphatic carbocycles. The highest BCUT2D eigenvalue weighted by Gasteiger charge is 2.50. The van der Waals surface area contributed by atoms with E-state index in [9.17, 15) is 4.79 Å². The van der Waals surface area contributed by atoms with E-state index >= 15 is 0 Å². The van der Waals surface area contributed by atoms with Gasteiger partial charge >= 0.3 is 5.97 Å². The van der Waals surface area contributed by atoms with Gasteiger partial charge < -0.3 is 23.3 Å². The first-order valence-electron chi connectivity index (χ1n) is 13.0. The summed E-state index contributed by atoms with van der Waals surface area (Å²) in [7, 11) is 5.37. The van der Waals surface area contributed by atoms with Crippen LogP contribution in [0.5, 0.6) is 11.5 Å². The summed E-state index contributed by atoms with van der Waals surface area (Å²) < 4.78 is 21.7. The third-order valence-electron chi connectivity index (χ3n) is 8.06. The van der Waals surface area contributed by atoms with Gasteiger partial charge in [-0.25, -0.2) is 0 Å². The molecule has 38 heavy (non-hydrogen) atoms. The van der Waals surface area contributed by atoms with Crippen LogP contribution in [0.4, 0.5) is 0 Å². The Kier molecular flexibility index (Phi) is 5.90. The Labute approximate surface area is 222 Å². The summed E-state index contributed by atoms with van der Waals surface area (Å²) in [5.74, 6) is 0.436. The van der Waals surface area contributed by atoms with Gasteiger partial charge in [0.1, 0.15) is 11.5 Å². The summed E-state index contributed by atoms with van der Waals surface area (Å²) in [6.07, 6.45) is 2.17. The number of nitrogens with zero attached hydrogens (tertiary/aromatic N) is 2. The van der Waals surface area contributed by atoms with Gasteiger partial charge in [-0.2, -0.15) is 0 Å². The molecule has 3 heterocycles. The van der Waals surface area contributed by atoms with E-state index in [2.05, 4.69) is 77.8 Å². The summed E-state index contributed by atoms with van der Waals surface area (Å²) in [5, 5.41) is 2.32. The lowest BCUT2D eigenvalue weighted by molar-refractivity contribution is -0.149. The van der Waals surface area contributed by atoms with Crippen molar-refractivity contribution in [2.45, 2.75) is 25.8 Å². The van der Waals surface area contributed by atoms with Crippen LogP contribution in [0.3, 0.4) is 0 Å². The van der Waals surface area contributed by atoms with Crippen LogP contribution in [0.2, 0.25) is 0 Å². The lowest BCUT2D eigenvalue weighted by Crippen LogP contribution is -2.28. The van der Waals surface area contributed by atoms with Gasteiger partial charge in [0.2, 0.25) is 0 Å². The number of hydrogen-bond acceptors (Lipinski definition) is 4. The third kappa shape index (κ3) is 3.43. The second-order valence-corrected chi connectivity index (χ2v) is 9.92. The normalized spacial score (nSPS) is 18.6. The fraction of sp³-hybridized carbons (Fsp3) is 0.281. The summed E-state index contributed by atoms with van der Waals surface area (Å²) >= 11 is 0. The smallest absolute Gasteiger partial charge is 0.312 e. The Balaban J connectivity index is 1.71. The van der Waals surface area contributed by atoms with Crippen molar-refractivity contribution in [3.63, 3.8) is 0 Å². The number of aryl methyl sites for hydroxylation is 2. The predicted octanol–water partition coefficient (Wildman–Crippen LogP) is 6.37. The zero-order valence-electron chi connectivity index (χ0n) is 22.4. The Morgan fingerprint density at radius 3 is 2.32 bits per heavy atom. The summed E-state index contributed by atoms with van der Waals surface area (Å²) in [6.45, 7) is 4.34. The van der Waals surface area contributed by atoms with E-state index in [-0.39, 0.29) is 17.9 Å². The van der Waals surface area contributed by atoms with E-state index < -0.39 is 5.92 Å². The number of esters is 1. The number of carbonyl (C=O) groups is 1. The van der Waals surface area contributed by atoms with Crippen molar-refractivity contribution in [3.8, 4) is 11.5 Å². The van der Waals surface area contributed by atoms with Crippen molar-refractivity contribution in [2.75, 3.05) is 20.8 Å². The highest BCUT2D eigenvalue weighted by molar-refractivity contribution is 5.91. The lowest BCUT2D eigenvalue weighted by Gasteiger charge is -2.26.